The lowest BCUT2D eigenvalue weighted by Crippen LogP contribution is -2.47. The van der Waals surface area contributed by atoms with Gasteiger partial charge in [0.1, 0.15) is 11.9 Å². The van der Waals surface area contributed by atoms with Gasteiger partial charge in [-0.2, -0.15) is 0 Å². The zero-order chi connectivity index (χ0) is 17.2. The molecule has 0 saturated heterocycles. The first-order chi connectivity index (χ1) is 11.0. The van der Waals surface area contributed by atoms with Crippen LogP contribution in [0.1, 0.15) is 52.0 Å². The van der Waals surface area contributed by atoms with Crippen molar-refractivity contribution in [3.8, 4) is 0 Å². The van der Waals surface area contributed by atoms with Crippen LogP contribution >= 0.6 is 0 Å². The molecule has 23 heavy (non-hydrogen) atoms. The van der Waals surface area contributed by atoms with E-state index in [1.807, 2.05) is 13.8 Å². The van der Waals surface area contributed by atoms with Crippen LogP contribution in [0.2, 0.25) is 0 Å². The lowest BCUT2D eigenvalue weighted by molar-refractivity contribution is -0.140. The average molecular weight is 322 g/mol. The third-order valence-electron chi connectivity index (χ3n) is 3.76. The lowest BCUT2D eigenvalue weighted by Gasteiger charge is -2.29. The van der Waals surface area contributed by atoms with Crippen LogP contribution in [-0.4, -0.2) is 29.3 Å². The summed E-state index contributed by atoms with van der Waals surface area (Å²) in [4.78, 5) is 26.1. The number of hydrogen-bond donors (Lipinski definition) is 1. The molecule has 0 saturated carbocycles. The molecule has 2 amide bonds. The Kier molecular flexibility index (Phi) is 8.30. The molecule has 0 radical (unpaired) electrons. The zero-order valence-electron chi connectivity index (χ0n) is 14.3. The lowest BCUT2D eigenvalue weighted by atomic mass is 10.1. The Labute approximate surface area is 138 Å². The highest BCUT2D eigenvalue weighted by Crippen LogP contribution is 2.14. The number of hydrogen-bond acceptors (Lipinski definition) is 2. The monoisotopic (exact) mass is 322 g/mol. The SMILES string of the molecule is CCCCNC(=O)[C@@H](C)N(Cc1ccccc1F)C(=O)CCC. The summed E-state index contributed by atoms with van der Waals surface area (Å²) in [7, 11) is 0. The van der Waals surface area contributed by atoms with Crippen LogP contribution in [0, 0.1) is 5.82 Å². The predicted octanol–water partition coefficient (Wildman–Crippen LogP) is 3.26. The topological polar surface area (TPSA) is 49.4 Å². The van der Waals surface area contributed by atoms with Gasteiger partial charge in [-0.3, -0.25) is 9.59 Å². The Morgan fingerprint density at radius 3 is 2.52 bits per heavy atom. The maximum Gasteiger partial charge on any atom is 0.242 e. The molecule has 0 bridgehead atoms. The molecular formula is C18H27FN2O2. The fourth-order valence-electron chi connectivity index (χ4n) is 2.29. The molecule has 0 aromatic heterocycles. The molecule has 0 aliphatic heterocycles. The van der Waals surface area contributed by atoms with Crippen molar-refractivity contribution in [2.75, 3.05) is 6.54 Å². The number of carbonyl (C=O) groups is 2. The number of unbranched alkanes of at least 4 members (excludes halogenated alkanes) is 1. The second-order valence-corrected chi connectivity index (χ2v) is 5.68. The highest BCUT2D eigenvalue weighted by Gasteiger charge is 2.25. The molecule has 128 valence electrons. The molecule has 0 unspecified atom stereocenters. The largest absolute Gasteiger partial charge is 0.354 e. The summed E-state index contributed by atoms with van der Waals surface area (Å²) in [6, 6.07) is 5.73. The number of carbonyl (C=O) groups excluding carboxylic acids is 2. The Bertz CT molecular complexity index is 519. The number of rotatable bonds is 9. The third-order valence-corrected chi connectivity index (χ3v) is 3.76. The summed E-state index contributed by atoms with van der Waals surface area (Å²) in [6.45, 7) is 6.34. The Balaban J connectivity index is 2.85. The van der Waals surface area contributed by atoms with Crippen LogP contribution in [-0.2, 0) is 16.1 Å². The van der Waals surface area contributed by atoms with Gasteiger partial charge in [0.15, 0.2) is 0 Å². The maximum absolute atomic E-state index is 13.9. The van der Waals surface area contributed by atoms with Crippen molar-refractivity contribution >= 4 is 11.8 Å². The first-order valence-electron chi connectivity index (χ1n) is 8.31. The van der Waals surface area contributed by atoms with Gasteiger partial charge in [0, 0.05) is 25.1 Å². The van der Waals surface area contributed by atoms with E-state index in [1.165, 1.54) is 11.0 Å². The Morgan fingerprint density at radius 1 is 1.22 bits per heavy atom. The second kappa shape index (κ2) is 9.98. The van der Waals surface area contributed by atoms with Gasteiger partial charge >= 0.3 is 0 Å². The summed E-state index contributed by atoms with van der Waals surface area (Å²) in [6.07, 6.45) is 2.93. The predicted molar refractivity (Wildman–Crippen MR) is 89.2 cm³/mol. The van der Waals surface area contributed by atoms with Gasteiger partial charge in [-0.1, -0.05) is 38.5 Å². The van der Waals surface area contributed by atoms with Crippen molar-refractivity contribution in [3.63, 3.8) is 0 Å². The Morgan fingerprint density at radius 2 is 1.91 bits per heavy atom. The fraction of sp³-hybridized carbons (Fsp3) is 0.556. The molecule has 1 aromatic carbocycles. The summed E-state index contributed by atoms with van der Waals surface area (Å²) in [5.74, 6) is -0.687. The minimum atomic E-state index is -0.620. The van der Waals surface area contributed by atoms with E-state index in [-0.39, 0.29) is 24.2 Å². The number of nitrogens with one attached hydrogen (secondary N) is 1. The van der Waals surface area contributed by atoms with Gasteiger partial charge in [0.05, 0.1) is 0 Å². The van der Waals surface area contributed by atoms with Gasteiger partial charge in [-0.25, -0.2) is 4.39 Å². The first-order valence-corrected chi connectivity index (χ1v) is 8.31. The normalized spacial score (nSPS) is 11.8. The molecule has 0 spiro atoms. The van der Waals surface area contributed by atoms with Gasteiger partial charge in [-0.15, -0.1) is 0 Å². The minimum Gasteiger partial charge on any atom is -0.354 e. The highest BCUT2D eigenvalue weighted by molar-refractivity contribution is 5.87. The number of nitrogens with zero attached hydrogens (tertiary/aromatic N) is 1. The molecule has 4 nitrogen and oxygen atoms in total. The van der Waals surface area contributed by atoms with E-state index in [4.69, 9.17) is 0 Å². The van der Waals surface area contributed by atoms with E-state index >= 15 is 0 Å². The average Bonchev–Trinajstić information content (AvgIpc) is 2.53. The van der Waals surface area contributed by atoms with Crippen LogP contribution in [0.3, 0.4) is 0 Å². The van der Waals surface area contributed by atoms with Crippen molar-refractivity contribution < 1.29 is 14.0 Å². The summed E-state index contributed by atoms with van der Waals surface area (Å²) in [5.41, 5.74) is 0.421. The van der Waals surface area contributed by atoms with Crippen LogP contribution < -0.4 is 5.32 Å². The number of halogens is 1. The number of benzene rings is 1. The van der Waals surface area contributed by atoms with Crippen LogP contribution in [0.15, 0.2) is 24.3 Å². The quantitative estimate of drug-likeness (QED) is 0.710. The summed E-state index contributed by atoms with van der Waals surface area (Å²) >= 11 is 0. The van der Waals surface area contributed by atoms with E-state index in [0.717, 1.165) is 12.8 Å². The fourth-order valence-corrected chi connectivity index (χ4v) is 2.29. The minimum absolute atomic E-state index is 0.105. The highest BCUT2D eigenvalue weighted by atomic mass is 19.1. The molecule has 0 aliphatic rings. The van der Waals surface area contributed by atoms with Gasteiger partial charge < -0.3 is 10.2 Å². The number of amides is 2. The molecule has 0 aliphatic carbocycles. The molecule has 1 aromatic rings. The maximum atomic E-state index is 13.9. The zero-order valence-corrected chi connectivity index (χ0v) is 14.3. The molecular weight excluding hydrogens is 295 g/mol. The van der Waals surface area contributed by atoms with Crippen molar-refractivity contribution in [3.05, 3.63) is 35.6 Å². The van der Waals surface area contributed by atoms with Gasteiger partial charge in [0.2, 0.25) is 11.8 Å². The smallest absolute Gasteiger partial charge is 0.242 e. The van der Waals surface area contributed by atoms with E-state index in [0.29, 0.717) is 24.9 Å². The van der Waals surface area contributed by atoms with E-state index in [2.05, 4.69) is 5.32 Å². The molecule has 0 fully saturated rings. The molecule has 0 heterocycles. The van der Waals surface area contributed by atoms with E-state index in [1.54, 1.807) is 25.1 Å². The van der Waals surface area contributed by atoms with Crippen LogP contribution in [0.4, 0.5) is 4.39 Å². The second-order valence-electron chi connectivity index (χ2n) is 5.68. The summed E-state index contributed by atoms with van der Waals surface area (Å²) < 4.78 is 13.9. The summed E-state index contributed by atoms with van der Waals surface area (Å²) in [5, 5.41) is 2.83. The van der Waals surface area contributed by atoms with Crippen LogP contribution in [0.5, 0.6) is 0 Å². The van der Waals surface area contributed by atoms with Crippen molar-refractivity contribution in [1.29, 1.82) is 0 Å². The van der Waals surface area contributed by atoms with E-state index in [9.17, 15) is 14.0 Å². The molecule has 1 N–H and O–H groups in total. The van der Waals surface area contributed by atoms with Gasteiger partial charge in [-0.05, 0) is 25.8 Å². The van der Waals surface area contributed by atoms with Crippen molar-refractivity contribution in [2.24, 2.45) is 0 Å². The van der Waals surface area contributed by atoms with Crippen LogP contribution in [0.25, 0.3) is 0 Å². The third kappa shape index (κ3) is 6.00. The van der Waals surface area contributed by atoms with Crippen molar-refractivity contribution in [2.45, 2.75) is 59.0 Å². The first kappa shape index (κ1) is 19.1. The molecule has 1 atom stereocenters. The standard InChI is InChI=1S/C18H27FN2O2/c1-4-6-12-20-18(23)14(3)21(17(22)9-5-2)13-15-10-7-8-11-16(15)19/h7-8,10-11,14H,4-6,9,12-13H2,1-3H3,(H,20,23)/t14-/m1/s1. The Hall–Kier alpha value is -1.91. The van der Waals surface area contributed by atoms with E-state index < -0.39 is 6.04 Å². The molecule has 1 rings (SSSR count). The molecule has 5 heteroatoms. The van der Waals surface area contributed by atoms with Crippen molar-refractivity contribution in [1.82, 2.24) is 10.2 Å². The van der Waals surface area contributed by atoms with Gasteiger partial charge in [0.25, 0.3) is 0 Å².